The number of sulfonamides is 1. The van der Waals surface area contributed by atoms with Gasteiger partial charge < -0.3 is 4.74 Å². The van der Waals surface area contributed by atoms with Crippen LogP contribution in [0.5, 0.6) is 5.75 Å². The lowest BCUT2D eigenvalue weighted by atomic mass is 10.0. The maximum absolute atomic E-state index is 11.4. The molecule has 1 saturated carbocycles. The van der Waals surface area contributed by atoms with Gasteiger partial charge in [0.1, 0.15) is 5.75 Å². The van der Waals surface area contributed by atoms with Gasteiger partial charge in [0.25, 0.3) is 0 Å². The highest BCUT2D eigenvalue weighted by Crippen LogP contribution is 2.31. The number of rotatable bonds is 7. The van der Waals surface area contributed by atoms with E-state index in [0.717, 1.165) is 12.2 Å². The highest BCUT2D eigenvalue weighted by Gasteiger charge is 2.40. The lowest BCUT2D eigenvalue weighted by Gasteiger charge is -2.09. The van der Waals surface area contributed by atoms with E-state index in [4.69, 9.17) is 4.74 Å². The molecule has 0 aromatic heterocycles. The summed E-state index contributed by atoms with van der Waals surface area (Å²) in [5, 5.41) is 0. The fourth-order valence-electron chi connectivity index (χ4n) is 2.04. The normalized spacial score (nSPS) is 22.0. The van der Waals surface area contributed by atoms with Crippen LogP contribution in [-0.4, -0.2) is 26.8 Å². The molecule has 0 aliphatic heterocycles. The molecular formula is C15H23NO3S. The smallest absolute Gasteiger partial charge is 0.211 e. The van der Waals surface area contributed by atoms with Crippen LogP contribution in [0.25, 0.3) is 0 Å². The molecule has 1 aromatic carbocycles. The first kappa shape index (κ1) is 15.3. The Bertz CT molecular complexity index is 537. The lowest BCUT2D eigenvalue weighted by molar-refractivity contribution is 0.295. The van der Waals surface area contributed by atoms with Gasteiger partial charge in [-0.3, -0.25) is 0 Å². The van der Waals surface area contributed by atoms with E-state index in [-0.39, 0.29) is 11.8 Å². The van der Waals surface area contributed by atoms with Gasteiger partial charge in [-0.1, -0.05) is 26.0 Å². The molecule has 0 bridgehead atoms. The lowest BCUT2D eigenvalue weighted by Crippen LogP contribution is -2.29. The van der Waals surface area contributed by atoms with Crippen molar-refractivity contribution >= 4 is 10.0 Å². The molecular weight excluding hydrogens is 274 g/mol. The summed E-state index contributed by atoms with van der Waals surface area (Å²) in [6.07, 6.45) is 0.864. The average Bonchev–Trinajstić information content (AvgIpc) is 3.14. The fourth-order valence-corrected chi connectivity index (χ4v) is 2.96. The second-order valence-electron chi connectivity index (χ2n) is 5.66. The molecule has 0 amide bonds. The van der Waals surface area contributed by atoms with Crippen molar-refractivity contribution in [2.45, 2.75) is 39.2 Å². The molecule has 1 aromatic rings. The summed E-state index contributed by atoms with van der Waals surface area (Å²) in [6, 6.07) is 8.15. The predicted molar refractivity (Wildman–Crippen MR) is 80.5 cm³/mol. The van der Waals surface area contributed by atoms with E-state index < -0.39 is 10.0 Å². The molecule has 0 radical (unpaired) electrons. The standard InChI is InChI=1S/C15H23NO3S/c1-4-20(17,18)16-15-9-13(15)10-19-14-7-5-12(6-8-14)11(2)3/h5-8,11,13,15-16H,4,9-10H2,1-3H3/t13-,15+/m1/s1. The summed E-state index contributed by atoms with van der Waals surface area (Å²) in [6.45, 7) is 6.53. The van der Waals surface area contributed by atoms with E-state index in [0.29, 0.717) is 18.4 Å². The van der Waals surface area contributed by atoms with Crippen LogP contribution in [0.4, 0.5) is 0 Å². The van der Waals surface area contributed by atoms with E-state index >= 15 is 0 Å². The van der Waals surface area contributed by atoms with Crippen LogP contribution in [0.1, 0.15) is 38.7 Å². The van der Waals surface area contributed by atoms with Crippen LogP contribution < -0.4 is 9.46 Å². The third-order valence-corrected chi connectivity index (χ3v) is 5.07. The predicted octanol–water partition coefficient (Wildman–Crippen LogP) is 2.52. The monoisotopic (exact) mass is 297 g/mol. The zero-order valence-corrected chi connectivity index (χ0v) is 13.1. The summed E-state index contributed by atoms with van der Waals surface area (Å²) in [5.41, 5.74) is 1.29. The van der Waals surface area contributed by atoms with Crippen molar-refractivity contribution in [3.8, 4) is 5.75 Å². The first-order valence-electron chi connectivity index (χ1n) is 7.14. The zero-order valence-electron chi connectivity index (χ0n) is 12.3. The Balaban J connectivity index is 1.77. The number of benzene rings is 1. The van der Waals surface area contributed by atoms with Gasteiger partial charge >= 0.3 is 0 Å². The van der Waals surface area contributed by atoms with Gasteiger partial charge in [-0.2, -0.15) is 0 Å². The highest BCUT2D eigenvalue weighted by atomic mass is 32.2. The molecule has 2 atom stereocenters. The molecule has 0 unspecified atom stereocenters. The summed E-state index contributed by atoms with van der Waals surface area (Å²) >= 11 is 0. The molecule has 0 heterocycles. The van der Waals surface area contributed by atoms with Gasteiger partial charge in [-0.15, -0.1) is 0 Å². The molecule has 5 heteroatoms. The second kappa shape index (κ2) is 6.14. The van der Waals surface area contributed by atoms with Crippen LogP contribution in [0.3, 0.4) is 0 Å². The molecule has 1 N–H and O–H groups in total. The molecule has 0 saturated heterocycles. The maximum Gasteiger partial charge on any atom is 0.211 e. The maximum atomic E-state index is 11.4. The van der Waals surface area contributed by atoms with Gasteiger partial charge in [0.2, 0.25) is 10.0 Å². The zero-order chi connectivity index (χ0) is 14.8. The van der Waals surface area contributed by atoms with Crippen LogP contribution in [-0.2, 0) is 10.0 Å². The van der Waals surface area contributed by atoms with E-state index in [1.54, 1.807) is 6.92 Å². The fraction of sp³-hybridized carbons (Fsp3) is 0.600. The Labute approximate surface area is 121 Å². The van der Waals surface area contributed by atoms with Gasteiger partial charge in [0.15, 0.2) is 0 Å². The largest absolute Gasteiger partial charge is 0.493 e. The number of nitrogens with one attached hydrogen (secondary N) is 1. The Kier molecular flexibility index (Phi) is 4.70. The topological polar surface area (TPSA) is 55.4 Å². The molecule has 112 valence electrons. The van der Waals surface area contributed by atoms with E-state index in [2.05, 4.69) is 30.7 Å². The Morgan fingerprint density at radius 3 is 2.50 bits per heavy atom. The van der Waals surface area contributed by atoms with Gasteiger partial charge in [0, 0.05) is 12.0 Å². The van der Waals surface area contributed by atoms with Crippen LogP contribution in [0, 0.1) is 5.92 Å². The van der Waals surface area contributed by atoms with Crippen molar-refractivity contribution in [1.29, 1.82) is 0 Å². The molecule has 0 spiro atoms. The van der Waals surface area contributed by atoms with Gasteiger partial charge in [-0.25, -0.2) is 13.1 Å². The number of hydrogen-bond acceptors (Lipinski definition) is 3. The van der Waals surface area contributed by atoms with Crippen molar-refractivity contribution in [1.82, 2.24) is 4.72 Å². The summed E-state index contributed by atoms with van der Waals surface area (Å²) < 4.78 is 31.2. The van der Waals surface area contributed by atoms with Gasteiger partial charge in [0.05, 0.1) is 12.4 Å². The third kappa shape index (κ3) is 4.21. The van der Waals surface area contributed by atoms with Crippen LogP contribution >= 0.6 is 0 Å². The minimum Gasteiger partial charge on any atom is -0.493 e. The summed E-state index contributed by atoms with van der Waals surface area (Å²) in [7, 11) is -3.09. The Morgan fingerprint density at radius 2 is 1.95 bits per heavy atom. The van der Waals surface area contributed by atoms with E-state index in [1.807, 2.05) is 12.1 Å². The minimum atomic E-state index is -3.09. The van der Waals surface area contributed by atoms with Crippen molar-refractivity contribution in [2.75, 3.05) is 12.4 Å². The molecule has 4 nitrogen and oxygen atoms in total. The quantitative estimate of drug-likeness (QED) is 0.841. The summed E-state index contributed by atoms with van der Waals surface area (Å²) in [5.74, 6) is 1.79. The van der Waals surface area contributed by atoms with Crippen LogP contribution in [0.2, 0.25) is 0 Å². The third-order valence-electron chi connectivity index (χ3n) is 3.64. The van der Waals surface area contributed by atoms with Crippen molar-refractivity contribution in [2.24, 2.45) is 5.92 Å². The second-order valence-corrected chi connectivity index (χ2v) is 7.70. The number of hydrogen-bond donors (Lipinski definition) is 1. The molecule has 1 aliphatic rings. The van der Waals surface area contributed by atoms with Crippen molar-refractivity contribution in [3.63, 3.8) is 0 Å². The summed E-state index contributed by atoms with van der Waals surface area (Å²) in [4.78, 5) is 0. The number of ether oxygens (including phenoxy) is 1. The Hall–Kier alpha value is -1.07. The van der Waals surface area contributed by atoms with Gasteiger partial charge in [-0.05, 0) is 37.0 Å². The molecule has 1 aliphatic carbocycles. The Morgan fingerprint density at radius 1 is 1.30 bits per heavy atom. The van der Waals surface area contributed by atoms with Crippen molar-refractivity contribution < 1.29 is 13.2 Å². The van der Waals surface area contributed by atoms with E-state index in [1.165, 1.54) is 5.56 Å². The van der Waals surface area contributed by atoms with Crippen molar-refractivity contribution in [3.05, 3.63) is 29.8 Å². The van der Waals surface area contributed by atoms with Crippen LogP contribution in [0.15, 0.2) is 24.3 Å². The molecule has 20 heavy (non-hydrogen) atoms. The average molecular weight is 297 g/mol. The van der Waals surface area contributed by atoms with E-state index in [9.17, 15) is 8.42 Å². The first-order valence-corrected chi connectivity index (χ1v) is 8.79. The highest BCUT2D eigenvalue weighted by molar-refractivity contribution is 7.89. The molecule has 2 rings (SSSR count). The molecule has 1 fully saturated rings. The minimum absolute atomic E-state index is 0.0508. The SMILES string of the molecule is CCS(=O)(=O)N[C@H]1C[C@@H]1COc1ccc(C(C)C)cc1. The first-order chi connectivity index (χ1) is 9.41.